The number of aryl methyl sites for hydroxylation is 1. The van der Waals surface area contributed by atoms with Crippen molar-refractivity contribution in [3.8, 4) is 6.07 Å². The number of pyridine rings is 1. The zero-order chi connectivity index (χ0) is 18.3. The Balaban J connectivity index is 1.88. The lowest BCUT2D eigenvalue weighted by Crippen LogP contribution is -1.94. The average Bonchev–Trinajstić information content (AvgIpc) is 3.04. The van der Waals surface area contributed by atoms with Crippen LogP contribution in [0.2, 0.25) is 0 Å². The van der Waals surface area contributed by atoms with Crippen molar-refractivity contribution in [2.24, 2.45) is 0 Å². The highest BCUT2D eigenvalue weighted by Crippen LogP contribution is 2.33. The van der Waals surface area contributed by atoms with Crippen LogP contribution >= 0.6 is 11.8 Å². The molecule has 126 valence electrons. The third-order valence-electron chi connectivity index (χ3n) is 4.07. The molecular weight excluding hydrogens is 350 g/mol. The van der Waals surface area contributed by atoms with Crippen molar-refractivity contribution in [1.29, 1.82) is 5.26 Å². The number of nitriles is 1. The molecule has 2 aromatic heterocycles. The van der Waals surface area contributed by atoms with Gasteiger partial charge in [0.1, 0.15) is 6.07 Å². The lowest BCUT2D eigenvalue weighted by atomic mass is 10.1. The zero-order valence-electron chi connectivity index (χ0n) is 13.6. The second-order valence-electron chi connectivity index (χ2n) is 5.67. The van der Waals surface area contributed by atoms with Gasteiger partial charge in [-0.25, -0.2) is 0 Å². The Bertz CT molecular complexity index is 1230. The van der Waals surface area contributed by atoms with Gasteiger partial charge in [-0.1, -0.05) is 18.2 Å². The van der Waals surface area contributed by atoms with Gasteiger partial charge in [0, 0.05) is 22.4 Å². The largest absolute Gasteiger partial charge is 0.270 e. The normalized spacial score (nSPS) is 10.9. The van der Waals surface area contributed by atoms with Crippen LogP contribution < -0.4 is 0 Å². The molecule has 0 aliphatic carbocycles. The quantitative estimate of drug-likeness (QED) is 0.402. The third-order valence-corrected chi connectivity index (χ3v) is 5.09. The highest BCUT2D eigenvalue weighted by atomic mass is 32.2. The molecule has 26 heavy (non-hydrogen) atoms. The van der Waals surface area contributed by atoms with E-state index in [1.165, 1.54) is 23.9 Å². The van der Waals surface area contributed by atoms with E-state index in [1.54, 1.807) is 6.07 Å². The van der Waals surface area contributed by atoms with E-state index < -0.39 is 4.92 Å². The van der Waals surface area contributed by atoms with Gasteiger partial charge >= 0.3 is 0 Å². The minimum atomic E-state index is -0.516. The van der Waals surface area contributed by atoms with Crippen LogP contribution in [-0.2, 0) is 0 Å². The van der Waals surface area contributed by atoms with Crippen molar-refractivity contribution in [3.63, 3.8) is 0 Å². The fourth-order valence-corrected chi connectivity index (χ4v) is 3.76. The summed E-state index contributed by atoms with van der Waals surface area (Å²) in [7, 11) is 0. The van der Waals surface area contributed by atoms with E-state index in [4.69, 9.17) is 0 Å². The maximum absolute atomic E-state index is 10.9. The minimum Gasteiger partial charge on any atom is -0.270 e. The number of fused-ring (bicyclic) bond motifs is 3. The molecule has 0 aliphatic rings. The van der Waals surface area contributed by atoms with Crippen molar-refractivity contribution >= 4 is 34.0 Å². The van der Waals surface area contributed by atoms with E-state index in [0.29, 0.717) is 15.7 Å². The molecule has 0 saturated carbocycles. The van der Waals surface area contributed by atoms with E-state index in [9.17, 15) is 15.4 Å². The molecule has 2 aromatic carbocycles. The summed E-state index contributed by atoms with van der Waals surface area (Å²) >= 11 is 1.26. The SMILES string of the molecule is Cc1cc2nnc(Sc3ccc([N+](=O)[O-])cc3C#N)n2c2ccccc12. The monoisotopic (exact) mass is 361 g/mol. The first-order valence-corrected chi connectivity index (χ1v) is 8.50. The zero-order valence-corrected chi connectivity index (χ0v) is 14.4. The standard InChI is InChI=1S/C18H11N5O2S/c1-11-8-17-20-21-18(22(17)15-5-3-2-4-14(11)15)26-16-7-6-13(23(24)25)9-12(16)10-19/h2-9H,1H3. The maximum Gasteiger partial charge on any atom is 0.270 e. The fourth-order valence-electron chi connectivity index (χ4n) is 2.85. The molecule has 0 unspecified atom stereocenters. The molecule has 7 nitrogen and oxygen atoms in total. The fraction of sp³-hybridized carbons (Fsp3) is 0.0556. The summed E-state index contributed by atoms with van der Waals surface area (Å²) in [5, 5.41) is 30.4. The van der Waals surface area contributed by atoms with Crippen LogP contribution in [0.15, 0.2) is 58.6 Å². The van der Waals surface area contributed by atoms with Crippen molar-refractivity contribution in [2.75, 3.05) is 0 Å². The van der Waals surface area contributed by atoms with Gasteiger partial charge in [-0.2, -0.15) is 5.26 Å². The number of aromatic nitrogens is 3. The molecular formula is C18H11N5O2S. The number of nitro benzene ring substituents is 1. The summed E-state index contributed by atoms with van der Waals surface area (Å²) in [5.41, 5.74) is 2.90. The molecule has 4 aromatic rings. The Morgan fingerprint density at radius 2 is 2.00 bits per heavy atom. The molecule has 0 amide bonds. The number of nitrogens with zero attached hydrogens (tertiary/aromatic N) is 5. The van der Waals surface area contributed by atoms with Crippen LogP contribution in [0.1, 0.15) is 11.1 Å². The number of rotatable bonds is 3. The van der Waals surface area contributed by atoms with Gasteiger partial charge in [0.15, 0.2) is 5.65 Å². The maximum atomic E-state index is 10.9. The van der Waals surface area contributed by atoms with Gasteiger partial charge in [0.2, 0.25) is 5.16 Å². The second kappa shape index (κ2) is 6.13. The topological polar surface area (TPSA) is 97.1 Å². The Labute approximate surface area is 152 Å². The first-order chi connectivity index (χ1) is 12.6. The molecule has 4 rings (SSSR count). The minimum absolute atomic E-state index is 0.113. The van der Waals surface area contributed by atoms with Crippen molar-refractivity contribution in [2.45, 2.75) is 17.0 Å². The molecule has 0 radical (unpaired) electrons. The summed E-state index contributed by atoms with van der Waals surface area (Å²) in [6.45, 7) is 2.02. The average molecular weight is 361 g/mol. The summed E-state index contributed by atoms with van der Waals surface area (Å²) in [4.78, 5) is 11.0. The van der Waals surface area contributed by atoms with Crippen LogP contribution in [0.4, 0.5) is 5.69 Å². The Morgan fingerprint density at radius 1 is 1.19 bits per heavy atom. The predicted molar refractivity (Wildman–Crippen MR) is 97.2 cm³/mol. The smallest absolute Gasteiger partial charge is 0.270 e. The van der Waals surface area contributed by atoms with Crippen LogP contribution in [0, 0.1) is 28.4 Å². The van der Waals surface area contributed by atoms with Crippen molar-refractivity contribution < 1.29 is 4.92 Å². The van der Waals surface area contributed by atoms with E-state index in [2.05, 4.69) is 10.2 Å². The van der Waals surface area contributed by atoms with E-state index in [0.717, 1.165) is 16.5 Å². The molecule has 8 heteroatoms. The number of hydrogen-bond donors (Lipinski definition) is 0. The third kappa shape index (κ3) is 2.55. The van der Waals surface area contributed by atoms with Crippen LogP contribution in [-0.4, -0.2) is 19.5 Å². The van der Waals surface area contributed by atoms with E-state index in [1.807, 2.05) is 47.7 Å². The highest BCUT2D eigenvalue weighted by molar-refractivity contribution is 7.99. The number of nitro groups is 1. The predicted octanol–water partition coefficient (Wildman–Crippen LogP) is 4.12. The lowest BCUT2D eigenvalue weighted by Gasteiger charge is -2.07. The highest BCUT2D eigenvalue weighted by Gasteiger charge is 2.16. The van der Waals surface area contributed by atoms with E-state index >= 15 is 0 Å². The summed E-state index contributed by atoms with van der Waals surface area (Å²) in [6.07, 6.45) is 0. The van der Waals surface area contributed by atoms with Gasteiger partial charge < -0.3 is 0 Å². The Hall–Kier alpha value is -3.44. The van der Waals surface area contributed by atoms with Gasteiger partial charge in [0.25, 0.3) is 5.69 Å². The van der Waals surface area contributed by atoms with Crippen LogP contribution in [0.3, 0.4) is 0 Å². The summed E-state index contributed by atoms with van der Waals surface area (Å²) in [5.74, 6) is 0. The molecule has 0 bridgehead atoms. The molecule has 0 atom stereocenters. The van der Waals surface area contributed by atoms with E-state index in [-0.39, 0.29) is 11.3 Å². The number of para-hydroxylation sites is 1. The molecule has 0 saturated heterocycles. The molecule has 2 heterocycles. The Kier molecular flexibility index (Phi) is 3.78. The van der Waals surface area contributed by atoms with Crippen LogP contribution in [0.25, 0.3) is 16.6 Å². The summed E-state index contributed by atoms with van der Waals surface area (Å²) in [6, 6.07) is 16.1. The Morgan fingerprint density at radius 3 is 2.77 bits per heavy atom. The number of hydrogen-bond acceptors (Lipinski definition) is 6. The van der Waals surface area contributed by atoms with Crippen molar-refractivity contribution in [3.05, 3.63) is 69.8 Å². The molecule has 0 N–H and O–H groups in total. The van der Waals surface area contributed by atoms with Gasteiger partial charge in [0.05, 0.1) is 16.0 Å². The summed E-state index contributed by atoms with van der Waals surface area (Å²) < 4.78 is 1.93. The molecule has 0 fully saturated rings. The number of benzene rings is 2. The van der Waals surface area contributed by atoms with Crippen molar-refractivity contribution in [1.82, 2.24) is 14.6 Å². The van der Waals surface area contributed by atoms with Gasteiger partial charge in [-0.15, -0.1) is 10.2 Å². The lowest BCUT2D eigenvalue weighted by molar-refractivity contribution is -0.384. The first kappa shape index (κ1) is 16.1. The van der Waals surface area contributed by atoms with Gasteiger partial charge in [-0.3, -0.25) is 14.5 Å². The van der Waals surface area contributed by atoms with Gasteiger partial charge in [-0.05, 0) is 42.4 Å². The number of non-ortho nitro benzene ring substituents is 1. The molecule has 0 aliphatic heterocycles. The van der Waals surface area contributed by atoms with Crippen LogP contribution in [0.5, 0.6) is 0 Å². The molecule has 0 spiro atoms. The second-order valence-corrected chi connectivity index (χ2v) is 6.68. The first-order valence-electron chi connectivity index (χ1n) is 7.68.